The van der Waals surface area contributed by atoms with Gasteiger partial charge in [0.1, 0.15) is 6.67 Å². The zero-order chi connectivity index (χ0) is 9.84. The van der Waals surface area contributed by atoms with Gasteiger partial charge in [0.15, 0.2) is 11.6 Å². The number of benzene rings is 1. The van der Waals surface area contributed by atoms with Gasteiger partial charge < -0.3 is 10.5 Å². The van der Waals surface area contributed by atoms with Gasteiger partial charge in [-0.1, -0.05) is 6.07 Å². The van der Waals surface area contributed by atoms with E-state index in [1.165, 1.54) is 25.3 Å². The second-order valence-electron chi connectivity index (χ2n) is 2.65. The second kappa shape index (κ2) is 4.18. The molecule has 0 aliphatic rings. The van der Waals surface area contributed by atoms with Crippen LogP contribution in [0, 0.1) is 5.82 Å². The lowest BCUT2D eigenvalue weighted by Gasteiger charge is -2.09. The molecule has 0 spiro atoms. The van der Waals surface area contributed by atoms with E-state index in [4.69, 9.17) is 10.5 Å². The van der Waals surface area contributed by atoms with Crippen LogP contribution in [0.15, 0.2) is 18.2 Å². The summed E-state index contributed by atoms with van der Waals surface area (Å²) in [5.74, 6) is -0.390. The van der Waals surface area contributed by atoms with E-state index in [-0.39, 0.29) is 5.75 Å². The fraction of sp³-hybridized carbons (Fsp3) is 0.333. The summed E-state index contributed by atoms with van der Waals surface area (Å²) >= 11 is 0. The third-order valence-corrected chi connectivity index (χ3v) is 1.77. The van der Waals surface area contributed by atoms with Crippen LogP contribution in [-0.2, 0) is 0 Å². The maximum absolute atomic E-state index is 12.9. The number of methoxy groups -OCH3 is 1. The molecule has 1 atom stereocenters. The quantitative estimate of drug-likeness (QED) is 0.783. The SMILES string of the molecule is COc1cc([C@@H](N)CF)ccc1F. The zero-order valence-electron chi connectivity index (χ0n) is 7.26. The van der Waals surface area contributed by atoms with Crippen molar-refractivity contribution in [2.75, 3.05) is 13.8 Å². The summed E-state index contributed by atoms with van der Waals surface area (Å²) in [4.78, 5) is 0. The third-order valence-electron chi connectivity index (χ3n) is 1.77. The summed E-state index contributed by atoms with van der Waals surface area (Å²) < 4.78 is 29.8. The highest BCUT2D eigenvalue weighted by molar-refractivity contribution is 5.31. The number of nitrogens with two attached hydrogens (primary N) is 1. The monoisotopic (exact) mass is 187 g/mol. The Bertz CT molecular complexity index is 291. The number of hydrogen-bond donors (Lipinski definition) is 1. The lowest BCUT2D eigenvalue weighted by molar-refractivity contribution is 0.383. The van der Waals surface area contributed by atoms with E-state index >= 15 is 0 Å². The molecule has 0 radical (unpaired) electrons. The molecule has 0 aliphatic carbocycles. The standard InChI is InChI=1S/C9H11F2NO/c1-13-9-4-6(8(12)5-10)2-3-7(9)11/h2-4,8H,5,12H2,1H3/t8-/m0/s1. The fourth-order valence-electron chi connectivity index (χ4n) is 0.996. The summed E-state index contributed by atoms with van der Waals surface area (Å²) in [6, 6.07) is 3.35. The van der Waals surface area contributed by atoms with Crippen molar-refractivity contribution in [3.8, 4) is 5.75 Å². The molecule has 4 heteroatoms. The largest absolute Gasteiger partial charge is 0.494 e. The van der Waals surface area contributed by atoms with Gasteiger partial charge in [0, 0.05) is 0 Å². The predicted molar refractivity (Wildman–Crippen MR) is 45.9 cm³/mol. The van der Waals surface area contributed by atoms with Crippen molar-refractivity contribution in [3.63, 3.8) is 0 Å². The van der Waals surface area contributed by atoms with Gasteiger partial charge in [-0.15, -0.1) is 0 Å². The molecule has 0 bridgehead atoms. The predicted octanol–water partition coefficient (Wildman–Crippen LogP) is 1.80. The summed E-state index contributed by atoms with van der Waals surface area (Å²) in [5.41, 5.74) is 5.94. The topological polar surface area (TPSA) is 35.2 Å². The van der Waals surface area contributed by atoms with Gasteiger partial charge in [-0.2, -0.15) is 0 Å². The lowest BCUT2D eigenvalue weighted by atomic mass is 10.1. The van der Waals surface area contributed by atoms with Crippen LogP contribution in [-0.4, -0.2) is 13.8 Å². The minimum atomic E-state index is -0.713. The van der Waals surface area contributed by atoms with Gasteiger partial charge >= 0.3 is 0 Å². The summed E-state index contributed by atoms with van der Waals surface area (Å²) in [6.07, 6.45) is 0. The van der Waals surface area contributed by atoms with E-state index in [0.29, 0.717) is 5.56 Å². The maximum atomic E-state index is 12.9. The van der Waals surface area contributed by atoms with Crippen LogP contribution >= 0.6 is 0 Å². The summed E-state index contributed by atoms with van der Waals surface area (Å²) in [7, 11) is 1.35. The molecule has 0 saturated carbocycles. The summed E-state index contributed by atoms with van der Waals surface area (Å²) in [5, 5.41) is 0. The van der Waals surface area contributed by atoms with Gasteiger partial charge in [0.05, 0.1) is 13.2 Å². The molecule has 0 saturated heterocycles. The number of ether oxygens (including phenoxy) is 1. The Morgan fingerprint density at radius 2 is 2.23 bits per heavy atom. The van der Waals surface area contributed by atoms with Crippen molar-refractivity contribution in [2.45, 2.75) is 6.04 Å². The fourth-order valence-corrected chi connectivity index (χ4v) is 0.996. The van der Waals surface area contributed by atoms with E-state index in [2.05, 4.69) is 0 Å². The maximum Gasteiger partial charge on any atom is 0.165 e. The van der Waals surface area contributed by atoms with Crippen molar-refractivity contribution in [3.05, 3.63) is 29.6 Å². The molecule has 0 heterocycles. The van der Waals surface area contributed by atoms with Crippen LogP contribution in [0.5, 0.6) is 5.75 Å². The zero-order valence-corrected chi connectivity index (χ0v) is 7.26. The molecule has 2 N–H and O–H groups in total. The Balaban J connectivity index is 2.99. The van der Waals surface area contributed by atoms with E-state index in [1.54, 1.807) is 0 Å². The first-order chi connectivity index (χ1) is 6.19. The van der Waals surface area contributed by atoms with Gasteiger partial charge in [-0.25, -0.2) is 8.78 Å². The molecule has 0 aromatic heterocycles. The smallest absolute Gasteiger partial charge is 0.165 e. The minimum Gasteiger partial charge on any atom is -0.494 e. The lowest BCUT2D eigenvalue weighted by Crippen LogP contribution is -2.12. The normalized spacial score (nSPS) is 12.6. The van der Waals surface area contributed by atoms with Crippen LogP contribution in [0.1, 0.15) is 11.6 Å². The van der Waals surface area contributed by atoms with Crippen molar-refractivity contribution in [2.24, 2.45) is 5.73 Å². The van der Waals surface area contributed by atoms with Crippen molar-refractivity contribution >= 4 is 0 Å². The Labute approximate surface area is 75.3 Å². The number of alkyl halides is 1. The average molecular weight is 187 g/mol. The molecule has 72 valence electrons. The Morgan fingerprint density at radius 1 is 1.54 bits per heavy atom. The molecule has 2 nitrogen and oxygen atoms in total. The van der Waals surface area contributed by atoms with Gasteiger partial charge in [0.2, 0.25) is 0 Å². The molecule has 0 unspecified atom stereocenters. The molecule has 0 amide bonds. The van der Waals surface area contributed by atoms with Crippen LogP contribution in [0.2, 0.25) is 0 Å². The Hall–Kier alpha value is -1.16. The first-order valence-corrected chi connectivity index (χ1v) is 3.84. The first-order valence-electron chi connectivity index (χ1n) is 3.84. The van der Waals surface area contributed by atoms with Gasteiger partial charge in [0.25, 0.3) is 0 Å². The van der Waals surface area contributed by atoms with Crippen LogP contribution in [0.4, 0.5) is 8.78 Å². The number of rotatable bonds is 3. The highest BCUT2D eigenvalue weighted by Gasteiger charge is 2.09. The number of halogens is 2. The van der Waals surface area contributed by atoms with Gasteiger partial charge in [-0.3, -0.25) is 0 Å². The first kappa shape index (κ1) is 9.92. The summed E-state index contributed by atoms with van der Waals surface area (Å²) in [6.45, 7) is -0.672. The van der Waals surface area contributed by atoms with E-state index in [0.717, 1.165) is 0 Å². The molecule has 0 aliphatic heterocycles. The highest BCUT2D eigenvalue weighted by atomic mass is 19.1. The molecule has 1 aromatic carbocycles. The average Bonchev–Trinajstić information content (AvgIpc) is 2.17. The van der Waals surface area contributed by atoms with Crippen LogP contribution < -0.4 is 10.5 Å². The Morgan fingerprint density at radius 3 is 2.77 bits per heavy atom. The van der Waals surface area contributed by atoms with E-state index in [9.17, 15) is 8.78 Å². The van der Waals surface area contributed by atoms with Crippen molar-refractivity contribution < 1.29 is 13.5 Å². The van der Waals surface area contributed by atoms with E-state index in [1.807, 2.05) is 0 Å². The van der Waals surface area contributed by atoms with Crippen molar-refractivity contribution in [1.29, 1.82) is 0 Å². The molecule has 13 heavy (non-hydrogen) atoms. The van der Waals surface area contributed by atoms with Crippen LogP contribution in [0.25, 0.3) is 0 Å². The minimum absolute atomic E-state index is 0.0846. The van der Waals surface area contributed by atoms with Crippen molar-refractivity contribution in [1.82, 2.24) is 0 Å². The molecular formula is C9H11F2NO. The molecule has 1 aromatic rings. The molecule has 1 rings (SSSR count). The Kier molecular flexibility index (Phi) is 3.19. The molecular weight excluding hydrogens is 176 g/mol. The third kappa shape index (κ3) is 2.15. The van der Waals surface area contributed by atoms with Gasteiger partial charge in [-0.05, 0) is 17.7 Å². The number of hydrogen-bond acceptors (Lipinski definition) is 2. The van der Waals surface area contributed by atoms with Crippen LogP contribution in [0.3, 0.4) is 0 Å². The second-order valence-corrected chi connectivity index (χ2v) is 2.65. The molecule has 0 fully saturated rings. The van der Waals surface area contributed by atoms with E-state index < -0.39 is 18.5 Å². The highest BCUT2D eigenvalue weighted by Crippen LogP contribution is 2.21.